The Morgan fingerprint density at radius 2 is 1.84 bits per heavy atom. The van der Waals surface area contributed by atoms with Gasteiger partial charge in [0.15, 0.2) is 5.69 Å². The molecule has 1 fully saturated rings. The van der Waals surface area contributed by atoms with Crippen LogP contribution in [-0.4, -0.2) is 59.6 Å². The summed E-state index contributed by atoms with van der Waals surface area (Å²) in [5.41, 5.74) is 1.19. The summed E-state index contributed by atoms with van der Waals surface area (Å²) in [4.78, 5) is 14.8. The monoisotopic (exact) mass is 470 g/mol. The van der Waals surface area contributed by atoms with Gasteiger partial charge in [-0.25, -0.2) is 8.42 Å². The van der Waals surface area contributed by atoms with E-state index in [1.54, 1.807) is 11.0 Å². The average Bonchev–Trinajstić information content (AvgIpc) is 3.01. The van der Waals surface area contributed by atoms with Crippen LogP contribution in [0.4, 0.5) is 13.2 Å². The summed E-state index contributed by atoms with van der Waals surface area (Å²) < 4.78 is 65.6. The van der Waals surface area contributed by atoms with E-state index in [2.05, 4.69) is 10.2 Å². The second-order valence-corrected chi connectivity index (χ2v) is 10.4. The molecule has 0 bridgehead atoms. The number of hydrogen-bond acceptors (Lipinski definition) is 4. The molecule has 2 aliphatic heterocycles. The van der Waals surface area contributed by atoms with Crippen molar-refractivity contribution in [3.8, 4) is 0 Å². The Morgan fingerprint density at radius 1 is 1.16 bits per heavy atom. The summed E-state index contributed by atoms with van der Waals surface area (Å²) in [6.07, 6.45) is -1.22. The number of aromatic nitrogens is 2. The number of H-pyrrole nitrogens is 1. The number of hydrogen-bond donors (Lipinski definition) is 1. The number of carbonyl (C=O) groups is 1. The van der Waals surface area contributed by atoms with Crippen molar-refractivity contribution in [1.29, 1.82) is 0 Å². The number of amides is 1. The van der Waals surface area contributed by atoms with Crippen LogP contribution in [0.3, 0.4) is 0 Å². The van der Waals surface area contributed by atoms with Gasteiger partial charge < -0.3 is 4.90 Å². The van der Waals surface area contributed by atoms with Crippen molar-refractivity contribution in [3.05, 3.63) is 52.3 Å². The highest BCUT2D eigenvalue weighted by Gasteiger charge is 2.37. The number of carbonyl (C=O) groups excluding carboxylic acids is 1. The first-order chi connectivity index (χ1) is 15.1. The molecule has 32 heavy (non-hydrogen) atoms. The lowest BCUT2D eigenvalue weighted by Gasteiger charge is -2.33. The van der Waals surface area contributed by atoms with Crippen molar-refractivity contribution in [2.45, 2.75) is 44.3 Å². The number of likely N-dealkylation sites (tertiary alicyclic amines) is 1. The Balaban J connectivity index is 1.50. The number of nitrogens with one attached hydrogen (secondary N) is 1. The molecule has 174 valence electrons. The van der Waals surface area contributed by atoms with Gasteiger partial charge in [-0.15, -0.1) is 0 Å². The van der Waals surface area contributed by atoms with E-state index in [9.17, 15) is 26.4 Å². The Hall–Kier alpha value is -2.40. The summed E-state index contributed by atoms with van der Waals surface area (Å²) in [6.45, 7) is 1.08. The standard InChI is InChI=1S/C21H25F3N4O3S/c1-32(30,31)28-10-4-7-18-16(13-28)19(26-25-18)20(29)27-11-8-14(9-12-27)15-5-2-3-6-17(15)21(22,23)24/h2-3,5-6,14H,4,7-13H2,1H3,(H,25,26). The quantitative estimate of drug-likeness (QED) is 0.747. The van der Waals surface area contributed by atoms with E-state index in [1.807, 2.05) is 0 Å². The van der Waals surface area contributed by atoms with Gasteiger partial charge in [0.1, 0.15) is 0 Å². The SMILES string of the molecule is CS(=O)(=O)N1CCCc2[nH]nc(C(=O)N3CCC(c4ccccc4C(F)(F)F)CC3)c2C1. The van der Waals surface area contributed by atoms with Crippen molar-refractivity contribution < 1.29 is 26.4 Å². The van der Waals surface area contributed by atoms with Gasteiger partial charge in [-0.2, -0.15) is 22.6 Å². The second-order valence-electron chi connectivity index (χ2n) is 8.38. The van der Waals surface area contributed by atoms with E-state index in [4.69, 9.17) is 0 Å². The number of aromatic amines is 1. The van der Waals surface area contributed by atoms with Crippen LogP contribution in [0.5, 0.6) is 0 Å². The van der Waals surface area contributed by atoms with Gasteiger partial charge in [-0.1, -0.05) is 18.2 Å². The lowest BCUT2D eigenvalue weighted by molar-refractivity contribution is -0.138. The van der Waals surface area contributed by atoms with Gasteiger partial charge in [-0.05, 0) is 43.2 Å². The van der Waals surface area contributed by atoms with Gasteiger partial charge in [0.05, 0.1) is 11.8 Å². The summed E-state index contributed by atoms with van der Waals surface area (Å²) in [5, 5.41) is 7.04. The minimum absolute atomic E-state index is 0.0845. The number of benzene rings is 1. The Bertz CT molecular complexity index is 1110. The number of alkyl halides is 3. The molecule has 0 saturated carbocycles. The highest BCUT2D eigenvalue weighted by molar-refractivity contribution is 7.88. The highest BCUT2D eigenvalue weighted by Crippen LogP contribution is 2.39. The minimum atomic E-state index is -4.42. The topological polar surface area (TPSA) is 86.4 Å². The van der Waals surface area contributed by atoms with Gasteiger partial charge in [0.2, 0.25) is 10.0 Å². The molecule has 0 unspecified atom stereocenters. The molecule has 11 heteroatoms. The summed E-state index contributed by atoms with van der Waals surface area (Å²) in [5.74, 6) is -0.602. The number of aryl methyl sites for hydroxylation is 1. The average molecular weight is 471 g/mol. The maximum Gasteiger partial charge on any atom is 0.416 e. The van der Waals surface area contributed by atoms with E-state index in [0.29, 0.717) is 50.9 Å². The molecule has 0 aliphatic carbocycles. The molecule has 1 N–H and O–H groups in total. The number of rotatable bonds is 3. The van der Waals surface area contributed by atoms with Crippen LogP contribution in [-0.2, 0) is 29.2 Å². The molecule has 0 spiro atoms. The fourth-order valence-electron chi connectivity index (χ4n) is 4.58. The molecule has 1 amide bonds. The van der Waals surface area contributed by atoms with Crippen LogP contribution >= 0.6 is 0 Å². The normalized spacial score (nSPS) is 18.9. The number of piperidine rings is 1. The molecule has 1 saturated heterocycles. The summed E-state index contributed by atoms with van der Waals surface area (Å²) in [6, 6.07) is 5.60. The number of fused-ring (bicyclic) bond motifs is 1. The van der Waals surface area contributed by atoms with Gasteiger partial charge >= 0.3 is 6.18 Å². The molecule has 3 heterocycles. The first kappa shape index (κ1) is 22.8. The van der Waals surface area contributed by atoms with Gasteiger partial charge in [0, 0.05) is 37.4 Å². The molecule has 0 radical (unpaired) electrons. The van der Waals surface area contributed by atoms with Crippen LogP contribution in [0.25, 0.3) is 0 Å². The highest BCUT2D eigenvalue weighted by atomic mass is 32.2. The smallest absolute Gasteiger partial charge is 0.337 e. The van der Waals surface area contributed by atoms with E-state index < -0.39 is 21.8 Å². The van der Waals surface area contributed by atoms with Crippen molar-refractivity contribution in [2.24, 2.45) is 0 Å². The van der Waals surface area contributed by atoms with Crippen molar-refractivity contribution >= 4 is 15.9 Å². The maximum atomic E-state index is 13.4. The third kappa shape index (κ3) is 4.54. The van der Waals surface area contributed by atoms with Crippen LogP contribution in [0.2, 0.25) is 0 Å². The number of sulfonamides is 1. The van der Waals surface area contributed by atoms with Crippen LogP contribution in [0, 0.1) is 0 Å². The first-order valence-electron chi connectivity index (χ1n) is 10.5. The number of nitrogens with zero attached hydrogens (tertiary/aromatic N) is 3. The molecular formula is C21H25F3N4O3S. The molecule has 7 nitrogen and oxygen atoms in total. The molecule has 2 aromatic rings. The Morgan fingerprint density at radius 3 is 2.50 bits per heavy atom. The van der Waals surface area contributed by atoms with E-state index in [1.165, 1.54) is 16.4 Å². The predicted octanol–water partition coefficient (Wildman–Crippen LogP) is 3.16. The zero-order valence-corrected chi connectivity index (χ0v) is 18.5. The molecule has 0 atom stereocenters. The fourth-order valence-corrected chi connectivity index (χ4v) is 5.40. The van der Waals surface area contributed by atoms with Gasteiger partial charge in [0.25, 0.3) is 5.91 Å². The zero-order valence-electron chi connectivity index (χ0n) is 17.7. The van der Waals surface area contributed by atoms with Crippen molar-refractivity contribution in [3.63, 3.8) is 0 Å². The third-order valence-electron chi connectivity index (χ3n) is 6.28. The zero-order chi connectivity index (χ0) is 23.1. The molecule has 1 aromatic heterocycles. The van der Waals surface area contributed by atoms with Crippen LogP contribution < -0.4 is 0 Å². The summed E-state index contributed by atoms with van der Waals surface area (Å²) >= 11 is 0. The largest absolute Gasteiger partial charge is 0.416 e. The lowest BCUT2D eigenvalue weighted by Crippen LogP contribution is -2.39. The van der Waals surface area contributed by atoms with E-state index in [0.717, 1.165) is 18.0 Å². The molecule has 4 rings (SSSR count). The first-order valence-corrected chi connectivity index (χ1v) is 12.4. The third-order valence-corrected chi connectivity index (χ3v) is 7.53. The fraction of sp³-hybridized carbons (Fsp3) is 0.524. The predicted molar refractivity (Wildman–Crippen MR) is 111 cm³/mol. The Labute approximate surface area is 184 Å². The van der Waals surface area contributed by atoms with Crippen LogP contribution in [0.15, 0.2) is 24.3 Å². The van der Waals surface area contributed by atoms with Crippen LogP contribution in [0.1, 0.15) is 58.1 Å². The van der Waals surface area contributed by atoms with E-state index in [-0.39, 0.29) is 29.6 Å². The molecule has 2 aliphatic rings. The maximum absolute atomic E-state index is 13.4. The van der Waals surface area contributed by atoms with E-state index >= 15 is 0 Å². The molecular weight excluding hydrogens is 445 g/mol. The lowest BCUT2D eigenvalue weighted by atomic mass is 9.86. The second kappa shape index (κ2) is 8.51. The van der Waals surface area contributed by atoms with Gasteiger partial charge in [-0.3, -0.25) is 9.89 Å². The molecule has 1 aromatic carbocycles. The number of halogens is 3. The Kier molecular flexibility index (Phi) is 6.06. The van der Waals surface area contributed by atoms with Crippen molar-refractivity contribution in [2.75, 3.05) is 25.9 Å². The van der Waals surface area contributed by atoms with Crippen molar-refractivity contribution in [1.82, 2.24) is 19.4 Å². The minimum Gasteiger partial charge on any atom is -0.337 e. The summed E-state index contributed by atoms with van der Waals surface area (Å²) in [7, 11) is -3.42.